The van der Waals surface area contributed by atoms with Gasteiger partial charge >= 0.3 is 5.97 Å². The molecule has 0 aromatic rings. The van der Waals surface area contributed by atoms with Crippen LogP contribution in [-0.4, -0.2) is 11.1 Å². The molecule has 0 spiro atoms. The van der Waals surface area contributed by atoms with Crippen LogP contribution >= 0.6 is 0 Å². The summed E-state index contributed by atoms with van der Waals surface area (Å²) in [6.45, 7) is 8.02. The number of hydrogen-bond donors (Lipinski definition) is 1. The van der Waals surface area contributed by atoms with E-state index >= 15 is 0 Å². The third-order valence-corrected chi connectivity index (χ3v) is 3.31. The Morgan fingerprint density at radius 3 is 2.21 bits per heavy atom. The number of carbonyl (C=O) groups is 1. The lowest BCUT2D eigenvalue weighted by Crippen LogP contribution is -2.33. The Morgan fingerprint density at radius 1 is 1.29 bits per heavy atom. The maximum Gasteiger partial charge on any atom is 0.309 e. The summed E-state index contributed by atoms with van der Waals surface area (Å²) < 4.78 is 0. The molecule has 0 bridgehead atoms. The molecule has 0 aliphatic rings. The van der Waals surface area contributed by atoms with Crippen LogP contribution in [0, 0.1) is 11.3 Å². The first-order valence-corrected chi connectivity index (χ1v) is 5.68. The predicted octanol–water partition coefficient (Wildman–Crippen LogP) is 3.70. The number of carboxylic acid groups (broad SMARTS) is 1. The van der Waals surface area contributed by atoms with Gasteiger partial charge in [-0.2, -0.15) is 0 Å². The molecule has 0 heterocycles. The molecule has 0 radical (unpaired) electrons. The molecule has 14 heavy (non-hydrogen) atoms. The molecule has 0 rings (SSSR count). The Morgan fingerprint density at radius 2 is 1.86 bits per heavy atom. The summed E-state index contributed by atoms with van der Waals surface area (Å²) in [5.41, 5.74) is -0.534. The molecule has 0 fully saturated rings. The highest BCUT2D eigenvalue weighted by Crippen LogP contribution is 2.33. The lowest BCUT2D eigenvalue weighted by atomic mass is 9.75. The van der Waals surface area contributed by atoms with Gasteiger partial charge < -0.3 is 5.11 Å². The third-order valence-electron chi connectivity index (χ3n) is 3.31. The number of carboxylic acids is 1. The summed E-state index contributed by atoms with van der Waals surface area (Å²) >= 11 is 0. The largest absolute Gasteiger partial charge is 0.481 e. The molecule has 0 saturated heterocycles. The Balaban J connectivity index is 4.05. The van der Waals surface area contributed by atoms with Crippen molar-refractivity contribution in [2.45, 2.75) is 59.8 Å². The maximum atomic E-state index is 11.1. The van der Waals surface area contributed by atoms with Crippen LogP contribution < -0.4 is 0 Å². The zero-order valence-corrected chi connectivity index (χ0v) is 9.97. The molecule has 1 unspecified atom stereocenters. The topological polar surface area (TPSA) is 37.3 Å². The highest BCUT2D eigenvalue weighted by Gasteiger charge is 2.35. The van der Waals surface area contributed by atoms with Crippen molar-refractivity contribution in [2.75, 3.05) is 0 Å². The second kappa shape index (κ2) is 6.05. The maximum absolute atomic E-state index is 11.1. The van der Waals surface area contributed by atoms with Crippen LogP contribution in [0.5, 0.6) is 0 Å². The van der Waals surface area contributed by atoms with Gasteiger partial charge in [0.1, 0.15) is 0 Å². The number of rotatable bonds is 7. The molecular weight excluding hydrogens is 176 g/mol. The minimum Gasteiger partial charge on any atom is -0.481 e. The van der Waals surface area contributed by atoms with Crippen LogP contribution in [0.3, 0.4) is 0 Å². The lowest BCUT2D eigenvalue weighted by molar-refractivity contribution is -0.151. The Labute approximate surface area is 87.7 Å². The molecule has 1 atom stereocenters. The molecule has 0 aromatic carbocycles. The summed E-state index contributed by atoms with van der Waals surface area (Å²) in [6.07, 6.45) is 5.42. The van der Waals surface area contributed by atoms with Crippen molar-refractivity contribution in [1.82, 2.24) is 0 Å². The zero-order valence-electron chi connectivity index (χ0n) is 9.97. The summed E-state index contributed by atoms with van der Waals surface area (Å²) in [6, 6.07) is 0. The van der Waals surface area contributed by atoms with Gasteiger partial charge in [-0.1, -0.05) is 46.5 Å². The quantitative estimate of drug-likeness (QED) is 0.636. The minimum absolute atomic E-state index is 0.210. The normalized spacial score (nSPS) is 15.5. The van der Waals surface area contributed by atoms with E-state index in [1.54, 1.807) is 0 Å². The predicted molar refractivity (Wildman–Crippen MR) is 59.3 cm³/mol. The van der Waals surface area contributed by atoms with Crippen LogP contribution in [-0.2, 0) is 4.79 Å². The van der Waals surface area contributed by atoms with Gasteiger partial charge in [0, 0.05) is 0 Å². The highest BCUT2D eigenvalue weighted by molar-refractivity contribution is 5.74. The standard InChI is InChI=1S/C12H24O2/c1-5-6-7-8-9-12(4,10(2)3)11(13)14/h10H,5-9H2,1-4H3,(H,13,14). The molecule has 84 valence electrons. The number of hydrogen-bond acceptors (Lipinski definition) is 1. The second-order valence-electron chi connectivity index (χ2n) is 4.69. The van der Waals surface area contributed by atoms with E-state index in [0.717, 1.165) is 19.3 Å². The van der Waals surface area contributed by atoms with E-state index in [1.165, 1.54) is 12.8 Å². The third kappa shape index (κ3) is 3.69. The fraction of sp³-hybridized carbons (Fsp3) is 0.917. The summed E-state index contributed by atoms with van der Waals surface area (Å²) in [7, 11) is 0. The average Bonchev–Trinajstić information content (AvgIpc) is 2.11. The highest BCUT2D eigenvalue weighted by atomic mass is 16.4. The van der Waals surface area contributed by atoms with Gasteiger partial charge in [-0.3, -0.25) is 4.79 Å². The Kier molecular flexibility index (Phi) is 5.82. The Bertz CT molecular complexity index is 175. The van der Waals surface area contributed by atoms with Crippen molar-refractivity contribution in [3.05, 3.63) is 0 Å². The Hall–Kier alpha value is -0.530. The van der Waals surface area contributed by atoms with Crippen molar-refractivity contribution >= 4 is 5.97 Å². The smallest absolute Gasteiger partial charge is 0.309 e. The zero-order chi connectivity index (χ0) is 11.2. The van der Waals surface area contributed by atoms with Gasteiger partial charge in [-0.25, -0.2) is 0 Å². The molecule has 1 N–H and O–H groups in total. The first-order valence-electron chi connectivity index (χ1n) is 5.68. The van der Waals surface area contributed by atoms with Gasteiger partial charge in [-0.05, 0) is 19.3 Å². The summed E-state index contributed by atoms with van der Waals surface area (Å²) in [5, 5.41) is 9.16. The van der Waals surface area contributed by atoms with E-state index < -0.39 is 11.4 Å². The van der Waals surface area contributed by atoms with Gasteiger partial charge in [0.25, 0.3) is 0 Å². The molecule has 0 saturated carbocycles. The molecule has 2 heteroatoms. The minimum atomic E-state index is -0.649. The van der Waals surface area contributed by atoms with E-state index in [4.69, 9.17) is 5.11 Å². The fourth-order valence-corrected chi connectivity index (χ4v) is 1.56. The fourth-order valence-electron chi connectivity index (χ4n) is 1.56. The lowest BCUT2D eigenvalue weighted by Gasteiger charge is -2.28. The van der Waals surface area contributed by atoms with E-state index in [1.807, 2.05) is 20.8 Å². The van der Waals surface area contributed by atoms with Crippen molar-refractivity contribution in [1.29, 1.82) is 0 Å². The van der Waals surface area contributed by atoms with Crippen molar-refractivity contribution in [2.24, 2.45) is 11.3 Å². The molecule has 0 aromatic heterocycles. The van der Waals surface area contributed by atoms with Gasteiger partial charge in [0.05, 0.1) is 5.41 Å². The number of unbranched alkanes of at least 4 members (excludes halogenated alkanes) is 3. The first kappa shape index (κ1) is 13.5. The van der Waals surface area contributed by atoms with Crippen LogP contribution in [0.2, 0.25) is 0 Å². The van der Waals surface area contributed by atoms with Gasteiger partial charge in [0.2, 0.25) is 0 Å². The summed E-state index contributed by atoms with van der Waals surface area (Å²) in [4.78, 5) is 11.1. The van der Waals surface area contributed by atoms with Crippen LogP contribution in [0.25, 0.3) is 0 Å². The molecule has 0 aliphatic heterocycles. The van der Waals surface area contributed by atoms with E-state index in [9.17, 15) is 4.79 Å². The molecular formula is C12H24O2. The second-order valence-corrected chi connectivity index (χ2v) is 4.69. The summed E-state index contributed by atoms with van der Waals surface area (Å²) in [5.74, 6) is -0.439. The van der Waals surface area contributed by atoms with Crippen LogP contribution in [0.1, 0.15) is 59.8 Å². The molecule has 0 aliphatic carbocycles. The van der Waals surface area contributed by atoms with Crippen LogP contribution in [0.4, 0.5) is 0 Å². The van der Waals surface area contributed by atoms with Crippen molar-refractivity contribution in [3.63, 3.8) is 0 Å². The molecule has 0 amide bonds. The molecule has 2 nitrogen and oxygen atoms in total. The van der Waals surface area contributed by atoms with Gasteiger partial charge in [0.15, 0.2) is 0 Å². The van der Waals surface area contributed by atoms with Crippen molar-refractivity contribution < 1.29 is 9.90 Å². The van der Waals surface area contributed by atoms with E-state index in [2.05, 4.69) is 6.92 Å². The average molecular weight is 200 g/mol. The van der Waals surface area contributed by atoms with Crippen LogP contribution in [0.15, 0.2) is 0 Å². The monoisotopic (exact) mass is 200 g/mol. The number of aliphatic carboxylic acids is 1. The SMILES string of the molecule is CCCCCCC(C)(C(=O)O)C(C)C. The van der Waals surface area contributed by atoms with E-state index in [0.29, 0.717) is 0 Å². The van der Waals surface area contributed by atoms with E-state index in [-0.39, 0.29) is 5.92 Å². The van der Waals surface area contributed by atoms with Gasteiger partial charge in [-0.15, -0.1) is 0 Å². The van der Waals surface area contributed by atoms with Crippen molar-refractivity contribution in [3.8, 4) is 0 Å². The first-order chi connectivity index (χ1) is 6.45.